The molecule has 14 heteroatoms. The Hall–Kier alpha value is -4.56. The first-order valence-electron chi connectivity index (χ1n) is 13.3. The lowest BCUT2D eigenvalue weighted by molar-refractivity contribution is -0.116. The molecule has 226 valence electrons. The van der Waals surface area contributed by atoms with E-state index in [9.17, 15) is 24.0 Å². The molecule has 0 radical (unpaired) electrons. The van der Waals surface area contributed by atoms with Crippen molar-refractivity contribution in [1.29, 1.82) is 0 Å². The number of carbonyl (C=O) groups excluding carboxylic acids is 4. The Bertz CT molecular complexity index is 1720. The van der Waals surface area contributed by atoms with Crippen LogP contribution in [-0.2, 0) is 25.5 Å². The van der Waals surface area contributed by atoms with Crippen molar-refractivity contribution in [2.75, 3.05) is 31.7 Å². The molecule has 0 saturated heterocycles. The second-order valence-electron chi connectivity index (χ2n) is 8.96. The van der Waals surface area contributed by atoms with Crippen LogP contribution in [0.2, 0.25) is 0 Å². The Morgan fingerprint density at radius 1 is 0.860 bits per heavy atom. The van der Waals surface area contributed by atoms with Crippen molar-refractivity contribution in [3.05, 3.63) is 73.5 Å². The van der Waals surface area contributed by atoms with Crippen LogP contribution in [0.3, 0.4) is 0 Å². The number of thiophene rings is 2. The Kier molecular flexibility index (Phi) is 10.3. The van der Waals surface area contributed by atoms with Gasteiger partial charge in [-0.15, -0.1) is 22.7 Å². The maximum absolute atomic E-state index is 13.3. The summed E-state index contributed by atoms with van der Waals surface area (Å²) in [5.74, 6) is -1.94. The predicted molar refractivity (Wildman–Crippen MR) is 160 cm³/mol. The van der Waals surface area contributed by atoms with Crippen molar-refractivity contribution in [1.82, 2.24) is 9.55 Å². The third kappa shape index (κ3) is 7.09. The second-order valence-corrected chi connectivity index (χ2v) is 11.0. The molecular formula is C29H29N3O9S2. The van der Waals surface area contributed by atoms with Crippen LogP contribution in [-0.4, -0.2) is 59.8 Å². The predicted octanol–water partition coefficient (Wildman–Crippen LogP) is 4.36. The molecule has 3 heterocycles. The lowest BCUT2D eigenvalue weighted by Gasteiger charge is -2.08. The zero-order valence-electron chi connectivity index (χ0n) is 23.9. The number of aryl methyl sites for hydroxylation is 1. The maximum Gasteiger partial charge on any atom is 0.348 e. The molecular weight excluding hydrogens is 598 g/mol. The monoisotopic (exact) mass is 627 g/mol. The van der Waals surface area contributed by atoms with Crippen molar-refractivity contribution in [2.24, 2.45) is 0 Å². The molecule has 12 nitrogen and oxygen atoms in total. The van der Waals surface area contributed by atoms with Crippen LogP contribution in [0.25, 0.3) is 10.2 Å². The number of rotatable bonds is 12. The van der Waals surface area contributed by atoms with Gasteiger partial charge in [0, 0.05) is 0 Å². The molecule has 0 spiro atoms. The molecule has 4 rings (SSSR count). The summed E-state index contributed by atoms with van der Waals surface area (Å²) in [6, 6.07) is 9.10. The summed E-state index contributed by atoms with van der Waals surface area (Å²) in [5.41, 5.74) is 0.215. The number of ether oxygens (including phenoxy) is 4. The van der Waals surface area contributed by atoms with Gasteiger partial charge in [-0.1, -0.05) is 18.2 Å². The summed E-state index contributed by atoms with van der Waals surface area (Å²) < 4.78 is 22.1. The summed E-state index contributed by atoms with van der Waals surface area (Å²) in [4.78, 5) is 69.1. The normalized spacial score (nSPS) is 10.8. The number of para-hydroxylation sites is 1. The molecule has 1 aromatic carbocycles. The van der Waals surface area contributed by atoms with E-state index in [0.717, 1.165) is 27.2 Å². The average Bonchev–Trinajstić information content (AvgIpc) is 3.49. The molecule has 0 aliphatic carbocycles. The fourth-order valence-corrected chi connectivity index (χ4v) is 6.24. The third-order valence-corrected chi connectivity index (χ3v) is 8.45. The first-order chi connectivity index (χ1) is 20.7. The van der Waals surface area contributed by atoms with E-state index in [1.165, 1.54) is 6.33 Å². The van der Waals surface area contributed by atoms with Gasteiger partial charge in [-0.3, -0.25) is 14.2 Å². The smallest absolute Gasteiger partial charge is 0.348 e. The van der Waals surface area contributed by atoms with Crippen LogP contribution in [0, 0.1) is 13.8 Å². The van der Waals surface area contributed by atoms with E-state index < -0.39 is 35.9 Å². The first kappa shape index (κ1) is 31.4. The van der Waals surface area contributed by atoms with Crippen molar-refractivity contribution >= 4 is 61.7 Å². The van der Waals surface area contributed by atoms with Crippen molar-refractivity contribution in [3.8, 4) is 5.75 Å². The molecule has 0 aliphatic rings. The van der Waals surface area contributed by atoms with Gasteiger partial charge in [0.2, 0.25) is 5.91 Å². The van der Waals surface area contributed by atoms with Gasteiger partial charge in [0.1, 0.15) is 45.1 Å². The number of hydrogen-bond acceptors (Lipinski definition) is 12. The number of hydrogen-bond donors (Lipinski definition) is 1. The van der Waals surface area contributed by atoms with Crippen LogP contribution in [0.4, 0.5) is 5.00 Å². The third-order valence-electron chi connectivity index (χ3n) is 6.09. The quantitative estimate of drug-likeness (QED) is 0.136. The lowest BCUT2D eigenvalue weighted by atomic mass is 10.1. The molecule has 0 atom stereocenters. The van der Waals surface area contributed by atoms with Gasteiger partial charge >= 0.3 is 17.9 Å². The summed E-state index contributed by atoms with van der Waals surface area (Å²) in [5, 5.41) is 2.90. The Morgan fingerprint density at radius 2 is 1.51 bits per heavy atom. The highest BCUT2D eigenvalue weighted by atomic mass is 32.1. The molecule has 0 aliphatic heterocycles. The fourth-order valence-electron chi connectivity index (χ4n) is 4.11. The highest BCUT2D eigenvalue weighted by molar-refractivity contribution is 7.20. The number of nitrogens with zero attached hydrogens (tertiary/aromatic N) is 2. The highest BCUT2D eigenvalue weighted by Gasteiger charge is 2.28. The number of anilines is 1. The Labute approximate surface area is 254 Å². The van der Waals surface area contributed by atoms with Crippen LogP contribution < -0.4 is 15.6 Å². The summed E-state index contributed by atoms with van der Waals surface area (Å²) >= 11 is 1.90. The van der Waals surface area contributed by atoms with Gasteiger partial charge in [-0.05, 0) is 51.0 Å². The molecule has 0 unspecified atom stereocenters. The minimum atomic E-state index is -0.706. The topological polar surface area (TPSA) is 152 Å². The first-order valence-corrected chi connectivity index (χ1v) is 14.9. The minimum Gasteiger partial charge on any atom is -0.490 e. The molecule has 4 aromatic rings. The average molecular weight is 628 g/mol. The van der Waals surface area contributed by atoms with E-state index in [-0.39, 0.29) is 52.1 Å². The molecule has 1 amide bonds. The Morgan fingerprint density at radius 3 is 2.21 bits per heavy atom. The minimum absolute atomic E-state index is 0.00705. The molecule has 0 fully saturated rings. The number of nitrogens with one attached hydrogen (secondary N) is 1. The highest BCUT2D eigenvalue weighted by Crippen LogP contribution is 2.34. The van der Waals surface area contributed by atoms with E-state index in [1.54, 1.807) is 39.8 Å². The maximum atomic E-state index is 13.3. The van der Waals surface area contributed by atoms with Crippen LogP contribution in [0.1, 0.15) is 54.7 Å². The summed E-state index contributed by atoms with van der Waals surface area (Å²) in [6.45, 7) is 6.41. The SMILES string of the molecule is CCOC(=O)c1sc(NC(=O)Cn2cnc3sc(C(=O)OCCOc4ccccc4)c(C)c3c2=O)c(C(=O)OCC)c1C. The van der Waals surface area contributed by atoms with Gasteiger partial charge < -0.3 is 24.3 Å². The van der Waals surface area contributed by atoms with E-state index >= 15 is 0 Å². The van der Waals surface area contributed by atoms with Crippen molar-refractivity contribution in [2.45, 2.75) is 34.2 Å². The van der Waals surface area contributed by atoms with Crippen LogP contribution >= 0.6 is 22.7 Å². The van der Waals surface area contributed by atoms with Gasteiger partial charge in [0.05, 0.1) is 30.5 Å². The summed E-state index contributed by atoms with van der Waals surface area (Å²) in [7, 11) is 0. The van der Waals surface area contributed by atoms with E-state index in [2.05, 4.69) is 10.3 Å². The number of benzene rings is 1. The van der Waals surface area contributed by atoms with Crippen molar-refractivity contribution < 1.29 is 38.1 Å². The van der Waals surface area contributed by atoms with E-state index in [4.69, 9.17) is 18.9 Å². The molecule has 0 bridgehead atoms. The standard InChI is InChI=1S/C29H29N3O9S2/c1-5-38-27(35)21-17(4)23(28(36)39-6-2)43-25(21)31-19(33)14-32-15-30-24-20(26(32)34)16(3)22(42-24)29(37)41-13-12-40-18-10-8-7-9-11-18/h7-11,15H,5-6,12-14H2,1-4H3,(H,31,33). The van der Waals surface area contributed by atoms with Gasteiger partial charge in [0.15, 0.2) is 0 Å². The zero-order chi connectivity index (χ0) is 31.1. The number of aromatic nitrogens is 2. The zero-order valence-corrected chi connectivity index (χ0v) is 25.5. The van der Waals surface area contributed by atoms with E-state index in [1.807, 2.05) is 18.2 Å². The number of fused-ring (bicyclic) bond motifs is 1. The molecule has 3 aromatic heterocycles. The molecule has 1 N–H and O–H groups in total. The van der Waals surface area contributed by atoms with E-state index in [0.29, 0.717) is 21.7 Å². The number of carbonyl (C=O) groups is 4. The van der Waals surface area contributed by atoms with Gasteiger partial charge in [0.25, 0.3) is 5.56 Å². The number of amides is 1. The summed E-state index contributed by atoms with van der Waals surface area (Å²) in [6.07, 6.45) is 1.21. The Balaban J connectivity index is 1.49. The second kappa shape index (κ2) is 14.1. The lowest BCUT2D eigenvalue weighted by Crippen LogP contribution is -2.28. The molecule has 43 heavy (non-hydrogen) atoms. The van der Waals surface area contributed by atoms with Crippen LogP contribution in [0.15, 0.2) is 41.5 Å². The van der Waals surface area contributed by atoms with Crippen LogP contribution in [0.5, 0.6) is 5.75 Å². The van der Waals surface area contributed by atoms with Crippen molar-refractivity contribution in [3.63, 3.8) is 0 Å². The number of esters is 3. The van der Waals surface area contributed by atoms with Gasteiger partial charge in [-0.25, -0.2) is 19.4 Å². The largest absolute Gasteiger partial charge is 0.490 e. The van der Waals surface area contributed by atoms with Gasteiger partial charge in [-0.2, -0.15) is 0 Å². The fraction of sp³-hybridized carbons (Fsp3) is 0.310. The molecule has 0 saturated carbocycles.